The van der Waals surface area contributed by atoms with Crippen molar-refractivity contribution >= 4 is 30.5 Å². The molecule has 23 heavy (non-hydrogen) atoms. The molecule has 0 amide bonds. The van der Waals surface area contributed by atoms with E-state index in [-0.39, 0.29) is 36.1 Å². The first-order valence-corrected chi connectivity index (χ1v) is 6.63. The van der Waals surface area contributed by atoms with Crippen LogP contribution in [0, 0.1) is 10.1 Å². The monoisotopic (exact) mass is 375 g/mol. The molecule has 0 aromatic heterocycles. The highest BCUT2D eigenvalue weighted by atomic mass is 35.5. The van der Waals surface area contributed by atoms with Crippen LogP contribution in [0.1, 0.15) is 18.0 Å². The molecule has 1 N–H and O–H groups in total. The second-order valence-electron chi connectivity index (χ2n) is 4.94. The largest absolute Gasteiger partial charge is 0.390 e. The molecule has 0 spiro atoms. The van der Waals surface area contributed by atoms with Gasteiger partial charge in [0.1, 0.15) is 0 Å². The van der Waals surface area contributed by atoms with E-state index in [1.807, 2.05) is 0 Å². The molecule has 2 rings (SSSR count). The Balaban J connectivity index is 0.00000242. The summed E-state index contributed by atoms with van der Waals surface area (Å²) in [6.07, 6.45) is -5.46. The molecule has 0 radical (unpaired) electrons. The van der Waals surface area contributed by atoms with Gasteiger partial charge in [-0.2, -0.15) is 13.2 Å². The van der Waals surface area contributed by atoms with Crippen molar-refractivity contribution in [1.82, 2.24) is 10.2 Å². The summed E-state index contributed by atoms with van der Waals surface area (Å²) in [6.45, 7) is 2.03. The zero-order valence-electron chi connectivity index (χ0n) is 12.1. The van der Waals surface area contributed by atoms with Gasteiger partial charge in [-0.25, -0.2) is 0 Å². The van der Waals surface area contributed by atoms with Gasteiger partial charge in [-0.3, -0.25) is 15.0 Å². The Morgan fingerprint density at radius 2 is 1.78 bits per heavy atom. The van der Waals surface area contributed by atoms with Gasteiger partial charge in [0.25, 0.3) is 5.69 Å². The molecule has 1 aliphatic rings. The summed E-state index contributed by atoms with van der Waals surface area (Å²) >= 11 is 0. The molecule has 0 saturated carbocycles. The van der Waals surface area contributed by atoms with Crippen molar-refractivity contribution in [2.24, 2.45) is 0 Å². The van der Waals surface area contributed by atoms with Crippen LogP contribution in [0.3, 0.4) is 0 Å². The number of nitrogens with one attached hydrogen (secondary N) is 1. The molecule has 1 heterocycles. The quantitative estimate of drug-likeness (QED) is 0.647. The summed E-state index contributed by atoms with van der Waals surface area (Å²) in [5.74, 6) is 0. The Labute approximate surface area is 144 Å². The zero-order chi connectivity index (χ0) is 15.5. The van der Waals surface area contributed by atoms with Gasteiger partial charge in [-0.1, -0.05) is 18.2 Å². The summed E-state index contributed by atoms with van der Waals surface area (Å²) in [4.78, 5) is 12.1. The summed E-state index contributed by atoms with van der Waals surface area (Å²) in [5, 5.41) is 14.1. The second-order valence-corrected chi connectivity index (χ2v) is 4.94. The lowest BCUT2D eigenvalue weighted by Gasteiger charge is -2.35. The molecule has 132 valence electrons. The highest BCUT2D eigenvalue weighted by Crippen LogP contribution is 2.37. The number of hydrogen-bond acceptors (Lipinski definition) is 4. The molecule has 1 atom stereocenters. The number of halogens is 5. The van der Waals surface area contributed by atoms with E-state index < -0.39 is 23.6 Å². The summed E-state index contributed by atoms with van der Waals surface area (Å²) in [6, 6.07) is 4.64. The fourth-order valence-corrected chi connectivity index (χ4v) is 2.58. The Bertz CT molecular complexity index is 511. The lowest BCUT2D eigenvalue weighted by atomic mass is 9.99. The van der Waals surface area contributed by atoms with E-state index in [0.717, 1.165) is 0 Å². The third kappa shape index (κ3) is 6.14. The smallest absolute Gasteiger partial charge is 0.314 e. The van der Waals surface area contributed by atoms with E-state index in [4.69, 9.17) is 0 Å². The van der Waals surface area contributed by atoms with Crippen LogP contribution in [0.4, 0.5) is 18.9 Å². The first-order valence-electron chi connectivity index (χ1n) is 6.63. The van der Waals surface area contributed by atoms with E-state index in [1.54, 1.807) is 4.90 Å². The number of hydrogen-bond donors (Lipinski definition) is 1. The number of nitro groups is 1. The highest BCUT2D eigenvalue weighted by Gasteiger charge is 2.38. The van der Waals surface area contributed by atoms with Crippen LogP contribution in [0.15, 0.2) is 24.3 Å². The van der Waals surface area contributed by atoms with Crippen molar-refractivity contribution in [3.05, 3.63) is 39.9 Å². The topological polar surface area (TPSA) is 58.4 Å². The molecule has 0 bridgehead atoms. The normalized spacial score (nSPS) is 16.8. The van der Waals surface area contributed by atoms with E-state index >= 15 is 0 Å². The predicted octanol–water partition coefficient (Wildman–Crippen LogP) is 3.34. The summed E-state index contributed by atoms with van der Waals surface area (Å²) in [5.41, 5.74) is -0.132. The van der Waals surface area contributed by atoms with E-state index in [1.165, 1.54) is 24.3 Å². The first kappa shape index (κ1) is 21.9. The fourth-order valence-electron chi connectivity index (χ4n) is 2.58. The van der Waals surface area contributed by atoms with Gasteiger partial charge < -0.3 is 5.32 Å². The number of nitro benzene ring substituents is 1. The van der Waals surface area contributed by atoms with Crippen molar-refractivity contribution in [3.8, 4) is 0 Å². The number of nitrogens with zero attached hydrogens (tertiary/aromatic N) is 2. The van der Waals surface area contributed by atoms with Gasteiger partial charge in [0.05, 0.1) is 17.4 Å². The van der Waals surface area contributed by atoms with Crippen LogP contribution in [0.2, 0.25) is 0 Å². The Morgan fingerprint density at radius 1 is 1.22 bits per heavy atom. The van der Waals surface area contributed by atoms with Crippen LogP contribution in [0.25, 0.3) is 0 Å². The van der Waals surface area contributed by atoms with Gasteiger partial charge in [0.15, 0.2) is 0 Å². The molecule has 1 saturated heterocycles. The molecule has 0 aliphatic carbocycles. The number of alkyl halides is 3. The standard InChI is InChI=1S/C13H16F3N3O2.2ClH/c14-13(15,16)9-12(18-7-5-17-6-8-18)10-3-1-2-4-11(10)19(20)21;;/h1-4,12,17H,5-9H2;2*1H/t12-;;/m1../s1. The molecule has 1 aromatic rings. The number of benzene rings is 1. The second kappa shape index (κ2) is 9.27. The average Bonchev–Trinajstić information content (AvgIpc) is 2.45. The van der Waals surface area contributed by atoms with Crippen molar-refractivity contribution in [2.45, 2.75) is 18.6 Å². The van der Waals surface area contributed by atoms with E-state index in [2.05, 4.69) is 5.32 Å². The SMILES string of the molecule is Cl.Cl.O=[N+]([O-])c1ccccc1[C@@H](CC(F)(F)F)N1CCNCC1. The fraction of sp³-hybridized carbons (Fsp3) is 0.538. The van der Waals surface area contributed by atoms with Crippen LogP contribution < -0.4 is 5.32 Å². The summed E-state index contributed by atoms with van der Waals surface area (Å²) < 4.78 is 38.6. The molecule has 5 nitrogen and oxygen atoms in total. The minimum absolute atomic E-state index is 0. The maximum Gasteiger partial charge on any atom is 0.390 e. The maximum atomic E-state index is 12.9. The van der Waals surface area contributed by atoms with Crippen molar-refractivity contribution in [2.75, 3.05) is 26.2 Å². The van der Waals surface area contributed by atoms with Crippen LogP contribution in [-0.2, 0) is 0 Å². The number of para-hydroxylation sites is 1. The van der Waals surface area contributed by atoms with Crippen molar-refractivity contribution in [1.29, 1.82) is 0 Å². The Morgan fingerprint density at radius 3 is 2.30 bits per heavy atom. The predicted molar refractivity (Wildman–Crippen MR) is 85.4 cm³/mol. The van der Waals surface area contributed by atoms with Crippen LogP contribution in [0.5, 0.6) is 0 Å². The minimum Gasteiger partial charge on any atom is -0.314 e. The van der Waals surface area contributed by atoms with Crippen LogP contribution >= 0.6 is 24.8 Å². The summed E-state index contributed by atoms with van der Waals surface area (Å²) in [7, 11) is 0. The van der Waals surface area contributed by atoms with Gasteiger partial charge >= 0.3 is 6.18 Å². The highest BCUT2D eigenvalue weighted by molar-refractivity contribution is 5.85. The Hall–Kier alpha value is -1.09. The average molecular weight is 376 g/mol. The molecule has 10 heteroatoms. The van der Waals surface area contributed by atoms with Gasteiger partial charge in [0, 0.05) is 37.8 Å². The van der Waals surface area contributed by atoms with Crippen LogP contribution in [-0.4, -0.2) is 42.2 Å². The lowest BCUT2D eigenvalue weighted by Crippen LogP contribution is -2.46. The molecular weight excluding hydrogens is 358 g/mol. The van der Waals surface area contributed by atoms with E-state index in [9.17, 15) is 23.3 Å². The van der Waals surface area contributed by atoms with Gasteiger partial charge in [-0.15, -0.1) is 24.8 Å². The third-order valence-electron chi connectivity index (χ3n) is 3.51. The van der Waals surface area contributed by atoms with Crippen molar-refractivity contribution in [3.63, 3.8) is 0 Å². The van der Waals surface area contributed by atoms with Gasteiger partial charge in [0.2, 0.25) is 0 Å². The number of rotatable bonds is 4. The Kier molecular flexibility index (Phi) is 8.83. The molecular formula is C13H18Cl2F3N3O2. The maximum absolute atomic E-state index is 12.9. The first-order chi connectivity index (χ1) is 9.88. The van der Waals surface area contributed by atoms with Gasteiger partial charge in [-0.05, 0) is 0 Å². The third-order valence-corrected chi connectivity index (χ3v) is 3.51. The molecule has 1 aromatic carbocycles. The molecule has 1 fully saturated rings. The minimum atomic E-state index is -4.38. The number of piperazine rings is 1. The van der Waals surface area contributed by atoms with E-state index in [0.29, 0.717) is 26.2 Å². The molecule has 1 aliphatic heterocycles. The van der Waals surface area contributed by atoms with Crippen molar-refractivity contribution < 1.29 is 18.1 Å². The molecule has 0 unspecified atom stereocenters. The lowest BCUT2D eigenvalue weighted by molar-refractivity contribution is -0.386. The zero-order valence-corrected chi connectivity index (χ0v) is 13.7.